The maximum atomic E-state index is 12.4. The number of carbonyl (C=O) groups excluding carboxylic acids is 1. The molecule has 1 aliphatic heterocycles. The molecule has 4 nitrogen and oxygen atoms in total. The zero-order chi connectivity index (χ0) is 15.4. The van der Waals surface area contributed by atoms with Crippen LogP contribution in [0.2, 0.25) is 0 Å². The highest BCUT2D eigenvalue weighted by molar-refractivity contribution is 5.95. The average Bonchev–Trinajstić information content (AvgIpc) is 3.21. The molecule has 1 saturated heterocycles. The minimum atomic E-state index is -0.0196. The van der Waals surface area contributed by atoms with E-state index in [-0.39, 0.29) is 11.9 Å². The van der Waals surface area contributed by atoms with E-state index in [9.17, 15) is 4.79 Å². The van der Waals surface area contributed by atoms with Gasteiger partial charge in [-0.3, -0.25) is 9.69 Å². The fourth-order valence-electron chi connectivity index (χ4n) is 3.06. The van der Waals surface area contributed by atoms with E-state index in [2.05, 4.69) is 10.2 Å². The van der Waals surface area contributed by atoms with Gasteiger partial charge < -0.3 is 9.73 Å². The fourth-order valence-corrected chi connectivity index (χ4v) is 3.06. The summed E-state index contributed by atoms with van der Waals surface area (Å²) in [6.07, 6.45) is 4.12. The highest BCUT2D eigenvalue weighted by Crippen LogP contribution is 2.25. The van der Waals surface area contributed by atoms with Crippen molar-refractivity contribution in [2.24, 2.45) is 0 Å². The van der Waals surface area contributed by atoms with Gasteiger partial charge in [0, 0.05) is 12.1 Å². The molecule has 2 heterocycles. The van der Waals surface area contributed by atoms with Crippen LogP contribution in [0.5, 0.6) is 0 Å². The summed E-state index contributed by atoms with van der Waals surface area (Å²) >= 11 is 0. The minimum Gasteiger partial charge on any atom is -0.468 e. The molecule has 1 amide bonds. The molecule has 3 rings (SSSR count). The van der Waals surface area contributed by atoms with Crippen molar-refractivity contribution < 1.29 is 9.21 Å². The summed E-state index contributed by atoms with van der Waals surface area (Å²) in [6.45, 7) is 4.65. The summed E-state index contributed by atoms with van der Waals surface area (Å²) in [5.74, 6) is 0.904. The molecule has 1 N–H and O–H groups in total. The largest absolute Gasteiger partial charge is 0.468 e. The van der Waals surface area contributed by atoms with Crippen molar-refractivity contribution in [2.75, 3.05) is 19.6 Å². The maximum Gasteiger partial charge on any atom is 0.251 e. The van der Waals surface area contributed by atoms with Gasteiger partial charge >= 0.3 is 0 Å². The molecule has 4 heteroatoms. The Hall–Kier alpha value is -2.07. The molecule has 1 aromatic carbocycles. The van der Waals surface area contributed by atoms with Crippen molar-refractivity contribution in [1.82, 2.24) is 10.2 Å². The lowest BCUT2D eigenvalue weighted by atomic mass is 10.1. The van der Waals surface area contributed by atoms with Crippen LogP contribution in [0.3, 0.4) is 0 Å². The van der Waals surface area contributed by atoms with Crippen molar-refractivity contribution in [3.8, 4) is 0 Å². The number of amides is 1. The average molecular weight is 298 g/mol. The van der Waals surface area contributed by atoms with Gasteiger partial charge in [-0.2, -0.15) is 0 Å². The van der Waals surface area contributed by atoms with E-state index in [0.717, 1.165) is 30.0 Å². The van der Waals surface area contributed by atoms with Crippen LogP contribution in [0.1, 0.15) is 40.6 Å². The molecular formula is C18H22N2O2. The summed E-state index contributed by atoms with van der Waals surface area (Å²) in [4.78, 5) is 14.8. The zero-order valence-corrected chi connectivity index (χ0v) is 12.9. The van der Waals surface area contributed by atoms with Crippen LogP contribution in [-0.4, -0.2) is 30.4 Å². The van der Waals surface area contributed by atoms with Gasteiger partial charge in [-0.05, 0) is 56.6 Å². The molecule has 0 aliphatic carbocycles. The summed E-state index contributed by atoms with van der Waals surface area (Å²) in [5.41, 5.74) is 1.73. The highest BCUT2D eigenvalue weighted by Gasteiger charge is 2.26. The third-order valence-corrected chi connectivity index (χ3v) is 4.30. The van der Waals surface area contributed by atoms with E-state index in [1.165, 1.54) is 12.8 Å². The van der Waals surface area contributed by atoms with E-state index in [0.29, 0.717) is 6.54 Å². The molecule has 1 atom stereocenters. The van der Waals surface area contributed by atoms with Gasteiger partial charge in [0.1, 0.15) is 5.76 Å². The molecule has 2 aromatic rings. The number of benzene rings is 1. The molecule has 0 radical (unpaired) electrons. The van der Waals surface area contributed by atoms with Gasteiger partial charge in [0.05, 0.1) is 12.3 Å². The fraction of sp³-hybridized carbons (Fsp3) is 0.389. The number of rotatable bonds is 5. The van der Waals surface area contributed by atoms with Crippen LogP contribution in [0.25, 0.3) is 0 Å². The van der Waals surface area contributed by atoms with Gasteiger partial charge in [-0.25, -0.2) is 0 Å². The predicted octanol–water partition coefficient (Wildman–Crippen LogP) is 3.15. The Kier molecular flexibility index (Phi) is 4.59. The number of hydrogen-bond donors (Lipinski definition) is 1. The Balaban J connectivity index is 1.69. The third kappa shape index (κ3) is 3.22. The summed E-state index contributed by atoms with van der Waals surface area (Å²) in [6, 6.07) is 11.7. The number of carbonyl (C=O) groups is 1. The predicted molar refractivity (Wildman–Crippen MR) is 85.8 cm³/mol. The maximum absolute atomic E-state index is 12.4. The molecule has 0 saturated carbocycles. The van der Waals surface area contributed by atoms with Gasteiger partial charge in [-0.1, -0.05) is 18.2 Å². The Bertz CT molecular complexity index is 616. The van der Waals surface area contributed by atoms with Crippen LogP contribution in [0, 0.1) is 6.92 Å². The van der Waals surface area contributed by atoms with E-state index < -0.39 is 0 Å². The lowest BCUT2D eigenvalue weighted by Crippen LogP contribution is -2.36. The van der Waals surface area contributed by atoms with Crippen molar-refractivity contribution in [3.05, 3.63) is 59.5 Å². The van der Waals surface area contributed by atoms with Crippen molar-refractivity contribution >= 4 is 5.91 Å². The Labute approximate surface area is 131 Å². The first-order valence-corrected chi connectivity index (χ1v) is 7.87. The Morgan fingerprint density at radius 3 is 2.68 bits per heavy atom. The molecular weight excluding hydrogens is 276 g/mol. The van der Waals surface area contributed by atoms with Crippen LogP contribution >= 0.6 is 0 Å². The quantitative estimate of drug-likeness (QED) is 0.922. The lowest BCUT2D eigenvalue weighted by Gasteiger charge is -2.26. The summed E-state index contributed by atoms with van der Waals surface area (Å²) < 4.78 is 5.58. The molecule has 0 spiro atoms. The highest BCUT2D eigenvalue weighted by atomic mass is 16.3. The van der Waals surface area contributed by atoms with E-state index in [1.54, 1.807) is 6.26 Å². The van der Waals surface area contributed by atoms with E-state index in [1.807, 2.05) is 43.3 Å². The first kappa shape index (κ1) is 14.9. The molecule has 0 unspecified atom stereocenters. The van der Waals surface area contributed by atoms with Crippen LogP contribution in [-0.2, 0) is 0 Å². The number of likely N-dealkylation sites (tertiary alicyclic amines) is 1. The first-order valence-electron chi connectivity index (χ1n) is 7.87. The van der Waals surface area contributed by atoms with Gasteiger partial charge in [-0.15, -0.1) is 0 Å². The monoisotopic (exact) mass is 298 g/mol. The summed E-state index contributed by atoms with van der Waals surface area (Å²) in [7, 11) is 0. The van der Waals surface area contributed by atoms with Crippen LogP contribution in [0.15, 0.2) is 47.1 Å². The third-order valence-electron chi connectivity index (χ3n) is 4.30. The molecule has 22 heavy (non-hydrogen) atoms. The van der Waals surface area contributed by atoms with Crippen molar-refractivity contribution in [2.45, 2.75) is 25.8 Å². The molecule has 1 aliphatic rings. The smallest absolute Gasteiger partial charge is 0.251 e. The first-order chi connectivity index (χ1) is 10.8. The molecule has 1 fully saturated rings. The number of hydrogen-bond acceptors (Lipinski definition) is 3. The topological polar surface area (TPSA) is 45.5 Å². The second-order valence-corrected chi connectivity index (χ2v) is 5.80. The Morgan fingerprint density at radius 1 is 1.23 bits per heavy atom. The summed E-state index contributed by atoms with van der Waals surface area (Å²) in [5, 5.41) is 3.06. The number of aryl methyl sites for hydroxylation is 1. The van der Waals surface area contributed by atoms with Crippen LogP contribution < -0.4 is 5.32 Å². The number of nitrogens with zero attached hydrogens (tertiary/aromatic N) is 1. The molecule has 1 aromatic heterocycles. The number of furan rings is 1. The van der Waals surface area contributed by atoms with Crippen molar-refractivity contribution in [3.63, 3.8) is 0 Å². The molecule has 116 valence electrons. The van der Waals surface area contributed by atoms with Crippen molar-refractivity contribution in [1.29, 1.82) is 0 Å². The van der Waals surface area contributed by atoms with Crippen LogP contribution in [0.4, 0.5) is 0 Å². The standard InChI is InChI=1S/C18H22N2O2/c1-14-7-2-3-8-15(14)18(21)19-13-16(17-9-6-12-22-17)20-10-4-5-11-20/h2-3,6-9,12,16H,4-5,10-11,13H2,1H3,(H,19,21)/t16-/m0/s1. The minimum absolute atomic E-state index is 0.0196. The van der Waals surface area contributed by atoms with E-state index >= 15 is 0 Å². The second kappa shape index (κ2) is 6.79. The van der Waals surface area contributed by atoms with E-state index in [4.69, 9.17) is 4.42 Å². The van der Waals surface area contributed by atoms with Gasteiger partial charge in [0.25, 0.3) is 5.91 Å². The second-order valence-electron chi connectivity index (χ2n) is 5.80. The lowest BCUT2D eigenvalue weighted by molar-refractivity contribution is 0.0933. The normalized spacial score (nSPS) is 16.6. The Morgan fingerprint density at radius 2 is 2.00 bits per heavy atom. The van der Waals surface area contributed by atoms with Gasteiger partial charge in [0.2, 0.25) is 0 Å². The molecule has 0 bridgehead atoms. The SMILES string of the molecule is Cc1ccccc1C(=O)NC[C@@H](c1ccco1)N1CCCC1. The van der Waals surface area contributed by atoms with Gasteiger partial charge in [0.15, 0.2) is 0 Å². The number of nitrogens with one attached hydrogen (secondary N) is 1. The zero-order valence-electron chi connectivity index (χ0n) is 12.9.